The van der Waals surface area contributed by atoms with Crippen LogP contribution in [0.25, 0.3) is 16.8 Å². The lowest BCUT2D eigenvalue weighted by Crippen LogP contribution is -2.28. The summed E-state index contributed by atoms with van der Waals surface area (Å²) in [4.78, 5) is 16.0. The predicted octanol–water partition coefficient (Wildman–Crippen LogP) is 5.07. The highest BCUT2D eigenvalue weighted by Crippen LogP contribution is 2.35. The highest BCUT2D eigenvalue weighted by Gasteiger charge is 2.34. The van der Waals surface area contributed by atoms with Crippen molar-refractivity contribution in [1.82, 2.24) is 14.7 Å². The number of fused-ring (bicyclic) bond motifs is 1. The van der Waals surface area contributed by atoms with Gasteiger partial charge in [0.2, 0.25) is 0 Å². The minimum Gasteiger partial charge on any atom is -0.472 e. The Morgan fingerprint density at radius 1 is 1.13 bits per heavy atom. The molecule has 0 spiro atoms. The summed E-state index contributed by atoms with van der Waals surface area (Å²) in [6.07, 6.45) is 0.992. The summed E-state index contributed by atoms with van der Waals surface area (Å²) in [7, 11) is 0. The molecule has 0 bridgehead atoms. The molecule has 0 saturated carbocycles. The Bertz CT molecular complexity index is 1200. The zero-order chi connectivity index (χ0) is 21.3. The number of hydrogen-bond donors (Lipinski definition) is 2. The summed E-state index contributed by atoms with van der Waals surface area (Å²) in [5.74, 6) is -0.513. The van der Waals surface area contributed by atoms with Crippen LogP contribution in [0.15, 0.2) is 65.7 Å². The zero-order valence-electron chi connectivity index (χ0n) is 15.2. The van der Waals surface area contributed by atoms with Crippen LogP contribution >= 0.6 is 0 Å². The van der Waals surface area contributed by atoms with Gasteiger partial charge in [-0.15, -0.1) is 0 Å². The fraction of sp³-hybridized carbons (Fsp3) is 0.100. The largest absolute Gasteiger partial charge is 0.472 e. The first-order chi connectivity index (χ1) is 14.3. The van der Waals surface area contributed by atoms with Crippen molar-refractivity contribution in [3.8, 4) is 11.1 Å². The molecule has 0 saturated heterocycles. The first-order valence-corrected chi connectivity index (χ1v) is 8.71. The summed E-state index contributed by atoms with van der Waals surface area (Å²) in [6.45, 7) is -0.124. The molecule has 2 amide bonds. The van der Waals surface area contributed by atoms with Crippen LogP contribution in [0.4, 0.5) is 28.0 Å². The van der Waals surface area contributed by atoms with E-state index in [4.69, 9.17) is 4.42 Å². The van der Waals surface area contributed by atoms with E-state index in [1.807, 2.05) is 0 Å². The van der Waals surface area contributed by atoms with Crippen molar-refractivity contribution in [3.05, 3.63) is 78.4 Å². The van der Waals surface area contributed by atoms with Gasteiger partial charge in [-0.1, -0.05) is 6.07 Å². The highest BCUT2D eigenvalue weighted by atomic mass is 19.4. The van der Waals surface area contributed by atoms with E-state index in [0.717, 1.165) is 12.1 Å². The third-order valence-electron chi connectivity index (χ3n) is 4.27. The van der Waals surface area contributed by atoms with Gasteiger partial charge in [-0.3, -0.25) is 0 Å². The fourth-order valence-corrected chi connectivity index (χ4v) is 2.94. The average molecular weight is 418 g/mol. The molecule has 0 aliphatic heterocycles. The Kier molecular flexibility index (Phi) is 4.90. The molecule has 0 unspecified atom stereocenters. The number of carbonyl (C=O) groups excluding carboxylic acids is 1. The summed E-state index contributed by atoms with van der Waals surface area (Å²) in [6, 6.07) is 7.21. The number of nitrogens with zero attached hydrogens (tertiary/aromatic N) is 2. The molecule has 2 N–H and O–H groups in total. The number of benzene rings is 1. The molecule has 10 heteroatoms. The van der Waals surface area contributed by atoms with Crippen molar-refractivity contribution < 1.29 is 26.8 Å². The number of halogens is 4. The second-order valence-electron chi connectivity index (χ2n) is 6.43. The number of pyridine rings is 1. The van der Waals surface area contributed by atoms with E-state index in [2.05, 4.69) is 15.6 Å². The summed E-state index contributed by atoms with van der Waals surface area (Å²) < 4.78 is 60.0. The normalized spacial score (nSPS) is 11.6. The lowest BCUT2D eigenvalue weighted by molar-refractivity contribution is -0.136. The molecule has 3 heterocycles. The van der Waals surface area contributed by atoms with Gasteiger partial charge >= 0.3 is 12.2 Å². The monoisotopic (exact) mass is 418 g/mol. The van der Waals surface area contributed by atoms with Gasteiger partial charge in [-0.05, 0) is 30.3 Å². The maximum atomic E-state index is 13.6. The molecule has 4 aromatic rings. The minimum absolute atomic E-state index is 0.124. The number of anilines is 1. The standard InChI is InChI=1S/C20H14F4N4O2/c21-14-2-1-3-15(7-14)27-19(29)25-8-16-10-28-9-13(12-4-5-30-11-12)6-17(18(28)26-16)20(22,23)24/h1-7,9-11H,8H2,(H2,25,27,29). The first-order valence-electron chi connectivity index (χ1n) is 8.71. The van der Waals surface area contributed by atoms with E-state index >= 15 is 0 Å². The van der Waals surface area contributed by atoms with Gasteiger partial charge in [0.05, 0.1) is 30.3 Å². The molecular formula is C20H14F4N4O2. The lowest BCUT2D eigenvalue weighted by atomic mass is 10.1. The van der Waals surface area contributed by atoms with E-state index < -0.39 is 23.6 Å². The fourth-order valence-electron chi connectivity index (χ4n) is 2.94. The second kappa shape index (κ2) is 7.54. The summed E-state index contributed by atoms with van der Waals surface area (Å²) in [5.41, 5.74) is 0.0779. The molecule has 6 nitrogen and oxygen atoms in total. The molecule has 30 heavy (non-hydrogen) atoms. The maximum absolute atomic E-state index is 13.6. The Morgan fingerprint density at radius 2 is 1.97 bits per heavy atom. The van der Waals surface area contributed by atoms with Crippen molar-refractivity contribution >= 4 is 17.4 Å². The van der Waals surface area contributed by atoms with Crippen molar-refractivity contribution in [2.45, 2.75) is 12.7 Å². The van der Waals surface area contributed by atoms with Gasteiger partial charge < -0.3 is 19.5 Å². The highest BCUT2D eigenvalue weighted by molar-refractivity contribution is 5.89. The van der Waals surface area contributed by atoms with Crippen molar-refractivity contribution in [2.75, 3.05) is 5.32 Å². The van der Waals surface area contributed by atoms with Crippen LogP contribution in [0.5, 0.6) is 0 Å². The SMILES string of the molecule is O=C(NCc1cn2cc(-c3ccoc3)cc(C(F)(F)F)c2n1)Nc1cccc(F)c1. The average Bonchev–Trinajstić information content (AvgIpc) is 3.34. The van der Waals surface area contributed by atoms with Crippen molar-refractivity contribution in [2.24, 2.45) is 0 Å². The van der Waals surface area contributed by atoms with Crippen molar-refractivity contribution in [1.29, 1.82) is 0 Å². The Hall–Kier alpha value is -3.82. The molecule has 0 aliphatic carbocycles. The van der Waals surface area contributed by atoms with Crippen LogP contribution in [-0.4, -0.2) is 15.4 Å². The molecule has 1 aromatic carbocycles. The van der Waals surface area contributed by atoms with E-state index in [9.17, 15) is 22.4 Å². The number of aromatic nitrogens is 2. The number of furan rings is 1. The Morgan fingerprint density at radius 3 is 2.67 bits per heavy atom. The maximum Gasteiger partial charge on any atom is 0.420 e. The van der Waals surface area contributed by atoms with Gasteiger partial charge in [-0.25, -0.2) is 14.2 Å². The number of alkyl halides is 3. The zero-order valence-corrected chi connectivity index (χ0v) is 15.2. The van der Waals surface area contributed by atoms with Gasteiger partial charge in [0.25, 0.3) is 0 Å². The van der Waals surface area contributed by atoms with Gasteiger partial charge in [0.15, 0.2) is 0 Å². The molecule has 0 aliphatic rings. The second-order valence-corrected chi connectivity index (χ2v) is 6.43. The van der Waals surface area contributed by atoms with Crippen LogP contribution in [0, 0.1) is 5.82 Å². The third-order valence-corrected chi connectivity index (χ3v) is 4.27. The molecule has 4 rings (SSSR count). The smallest absolute Gasteiger partial charge is 0.420 e. The molecule has 0 radical (unpaired) electrons. The Balaban J connectivity index is 1.57. The van der Waals surface area contributed by atoms with E-state index in [1.54, 1.807) is 6.07 Å². The van der Waals surface area contributed by atoms with Crippen LogP contribution < -0.4 is 10.6 Å². The van der Waals surface area contributed by atoms with E-state index in [0.29, 0.717) is 11.1 Å². The van der Waals surface area contributed by atoms with Gasteiger partial charge in [0, 0.05) is 29.2 Å². The molecule has 0 fully saturated rings. The third kappa shape index (κ3) is 4.12. The number of imidazole rings is 1. The topological polar surface area (TPSA) is 71.6 Å². The number of rotatable bonds is 4. The molecular weight excluding hydrogens is 404 g/mol. The minimum atomic E-state index is -4.62. The van der Waals surface area contributed by atoms with E-state index in [1.165, 1.54) is 47.5 Å². The van der Waals surface area contributed by atoms with Crippen molar-refractivity contribution in [3.63, 3.8) is 0 Å². The number of amides is 2. The molecule has 0 atom stereocenters. The van der Waals surface area contributed by atoms with E-state index in [-0.39, 0.29) is 23.6 Å². The number of hydrogen-bond acceptors (Lipinski definition) is 3. The molecule has 3 aromatic heterocycles. The number of carbonyl (C=O) groups is 1. The van der Waals surface area contributed by atoms with Crippen LogP contribution in [0.1, 0.15) is 11.3 Å². The quantitative estimate of drug-likeness (QED) is 0.455. The van der Waals surface area contributed by atoms with Crippen LogP contribution in [0.2, 0.25) is 0 Å². The number of urea groups is 1. The molecule has 154 valence electrons. The predicted molar refractivity (Wildman–Crippen MR) is 100 cm³/mol. The lowest BCUT2D eigenvalue weighted by Gasteiger charge is -2.10. The summed E-state index contributed by atoms with van der Waals surface area (Å²) in [5, 5.41) is 4.92. The van der Waals surface area contributed by atoms with Gasteiger partial charge in [0.1, 0.15) is 11.5 Å². The van der Waals surface area contributed by atoms with Crippen LogP contribution in [-0.2, 0) is 12.7 Å². The number of nitrogens with one attached hydrogen (secondary N) is 2. The van der Waals surface area contributed by atoms with Crippen LogP contribution in [0.3, 0.4) is 0 Å². The first kappa shape index (κ1) is 19.5. The summed E-state index contributed by atoms with van der Waals surface area (Å²) >= 11 is 0. The Labute approximate surface area is 167 Å². The van der Waals surface area contributed by atoms with Gasteiger partial charge in [-0.2, -0.15) is 13.2 Å².